The van der Waals surface area contributed by atoms with E-state index in [1.54, 1.807) is 0 Å². The minimum absolute atomic E-state index is 0.267. The molecule has 148 valence electrons. The lowest BCUT2D eigenvalue weighted by atomic mass is 10.1. The smallest absolute Gasteiger partial charge is 0.331 e. The molecule has 9 heteroatoms. The highest BCUT2D eigenvalue weighted by atomic mass is 32.1. The van der Waals surface area contributed by atoms with Gasteiger partial charge in [-0.15, -0.1) is 0 Å². The van der Waals surface area contributed by atoms with E-state index in [9.17, 15) is 4.79 Å². The number of thiocarbonyl (C=S) groups is 2. The van der Waals surface area contributed by atoms with Crippen LogP contribution in [-0.2, 0) is 0 Å². The van der Waals surface area contributed by atoms with Crippen LogP contribution in [0.3, 0.4) is 0 Å². The molecular weight excluding hydrogens is 392 g/mol. The molecule has 0 atom stereocenters. The number of benzene rings is 2. The molecule has 28 heavy (non-hydrogen) atoms. The third-order valence-electron chi connectivity index (χ3n) is 4.02. The van der Waals surface area contributed by atoms with Crippen LogP contribution < -0.4 is 32.3 Å². The molecule has 0 unspecified atom stereocenters. The van der Waals surface area contributed by atoms with Crippen LogP contribution in [0.5, 0.6) is 0 Å². The molecule has 0 aliphatic carbocycles. The molecule has 0 heterocycles. The van der Waals surface area contributed by atoms with E-state index in [0.29, 0.717) is 0 Å². The van der Waals surface area contributed by atoms with Crippen LogP contribution in [0.25, 0.3) is 0 Å². The number of carbonyl (C=O) groups is 1. The number of rotatable bonds is 2. The maximum atomic E-state index is 11.9. The average Bonchev–Trinajstić information content (AvgIpc) is 2.64. The van der Waals surface area contributed by atoms with Crippen LogP contribution in [-0.4, -0.2) is 16.3 Å². The van der Waals surface area contributed by atoms with Gasteiger partial charge in [-0.25, -0.2) is 15.6 Å². The van der Waals surface area contributed by atoms with E-state index in [-0.39, 0.29) is 10.2 Å². The van der Waals surface area contributed by atoms with Gasteiger partial charge in [0.2, 0.25) is 0 Å². The second-order valence-electron chi connectivity index (χ2n) is 6.27. The van der Waals surface area contributed by atoms with Crippen molar-refractivity contribution < 1.29 is 4.79 Å². The number of anilines is 2. The summed E-state index contributed by atoms with van der Waals surface area (Å²) in [6.45, 7) is 7.91. The maximum Gasteiger partial charge on any atom is 0.352 e. The topological polar surface area (TPSA) is 89.2 Å². The van der Waals surface area contributed by atoms with E-state index in [1.807, 2.05) is 64.1 Å². The highest BCUT2D eigenvalue weighted by Gasteiger charge is 2.07. The third kappa shape index (κ3) is 6.07. The molecular formula is C19H24N6OS2. The van der Waals surface area contributed by atoms with Crippen molar-refractivity contribution in [2.75, 3.05) is 10.6 Å². The van der Waals surface area contributed by atoms with Crippen LogP contribution in [0.2, 0.25) is 0 Å². The number of hydrogen-bond acceptors (Lipinski definition) is 3. The molecule has 2 rings (SSSR count). The lowest BCUT2D eigenvalue weighted by Crippen LogP contribution is -2.54. The molecule has 2 aromatic rings. The summed E-state index contributed by atoms with van der Waals surface area (Å²) >= 11 is 10.4. The fourth-order valence-electron chi connectivity index (χ4n) is 2.57. The van der Waals surface area contributed by atoms with Crippen molar-refractivity contribution in [3.8, 4) is 0 Å². The maximum absolute atomic E-state index is 11.9. The number of para-hydroxylation sites is 2. The molecule has 0 radical (unpaired) electrons. The largest absolute Gasteiger partial charge is 0.352 e. The van der Waals surface area contributed by atoms with E-state index >= 15 is 0 Å². The fraction of sp³-hybridized carbons (Fsp3) is 0.211. The van der Waals surface area contributed by atoms with Crippen molar-refractivity contribution in [1.82, 2.24) is 21.7 Å². The average molecular weight is 417 g/mol. The first-order chi connectivity index (χ1) is 13.3. The number of aryl methyl sites for hydroxylation is 4. The van der Waals surface area contributed by atoms with Gasteiger partial charge in [0.25, 0.3) is 0 Å². The highest BCUT2D eigenvalue weighted by Crippen LogP contribution is 2.19. The summed E-state index contributed by atoms with van der Waals surface area (Å²) in [4.78, 5) is 11.9. The Hall–Kier alpha value is -2.91. The molecule has 6 N–H and O–H groups in total. The van der Waals surface area contributed by atoms with Crippen LogP contribution in [0.15, 0.2) is 36.4 Å². The Kier molecular flexibility index (Phi) is 7.53. The van der Waals surface area contributed by atoms with E-state index in [0.717, 1.165) is 33.6 Å². The van der Waals surface area contributed by atoms with Crippen LogP contribution >= 0.6 is 24.4 Å². The van der Waals surface area contributed by atoms with Crippen molar-refractivity contribution in [3.05, 3.63) is 58.7 Å². The Bertz CT molecular complexity index is 788. The highest BCUT2D eigenvalue weighted by molar-refractivity contribution is 7.80. The molecule has 0 saturated carbocycles. The van der Waals surface area contributed by atoms with Crippen molar-refractivity contribution in [3.63, 3.8) is 0 Å². The fourth-order valence-corrected chi connectivity index (χ4v) is 2.88. The molecule has 0 spiro atoms. The SMILES string of the molecule is Cc1cccc(C)c1NC(=S)NNC(=O)NNC(=S)Nc1c(C)cccc1C. The van der Waals surface area contributed by atoms with E-state index < -0.39 is 6.03 Å². The number of urea groups is 1. The summed E-state index contributed by atoms with van der Waals surface area (Å²) < 4.78 is 0. The molecule has 0 aromatic heterocycles. The Labute approximate surface area is 175 Å². The van der Waals surface area contributed by atoms with Crippen molar-refractivity contribution >= 4 is 52.1 Å². The van der Waals surface area contributed by atoms with E-state index in [1.165, 1.54) is 0 Å². The van der Waals surface area contributed by atoms with Gasteiger partial charge >= 0.3 is 6.03 Å². The molecule has 2 amide bonds. The number of amides is 2. The minimum Gasteiger partial charge on any atom is -0.331 e. The minimum atomic E-state index is -0.545. The molecule has 0 fully saturated rings. The quantitative estimate of drug-likeness (QED) is 0.331. The second kappa shape index (κ2) is 9.86. The zero-order valence-electron chi connectivity index (χ0n) is 16.2. The van der Waals surface area contributed by atoms with Crippen LogP contribution in [0, 0.1) is 27.7 Å². The van der Waals surface area contributed by atoms with Gasteiger partial charge in [-0.05, 0) is 74.4 Å². The Balaban J connectivity index is 1.76. The molecule has 0 aliphatic heterocycles. The first-order valence-corrected chi connectivity index (χ1v) is 9.42. The number of hydrazine groups is 2. The zero-order valence-corrected chi connectivity index (χ0v) is 17.8. The first-order valence-electron chi connectivity index (χ1n) is 8.60. The summed E-state index contributed by atoms with van der Waals surface area (Å²) in [5.41, 5.74) is 16.1. The Morgan fingerprint density at radius 3 is 1.29 bits per heavy atom. The normalized spacial score (nSPS) is 9.86. The van der Waals surface area contributed by atoms with Crippen molar-refractivity contribution in [1.29, 1.82) is 0 Å². The van der Waals surface area contributed by atoms with E-state index in [2.05, 4.69) is 32.3 Å². The second-order valence-corrected chi connectivity index (χ2v) is 7.09. The monoisotopic (exact) mass is 416 g/mol. The summed E-state index contributed by atoms with van der Waals surface area (Å²) in [6, 6.07) is 11.3. The Morgan fingerprint density at radius 2 is 0.964 bits per heavy atom. The van der Waals surface area contributed by atoms with Gasteiger partial charge in [-0.3, -0.25) is 10.9 Å². The number of nitrogens with one attached hydrogen (secondary N) is 6. The van der Waals surface area contributed by atoms with Gasteiger partial charge in [0, 0.05) is 11.4 Å². The molecule has 2 aromatic carbocycles. The molecule has 7 nitrogen and oxygen atoms in total. The van der Waals surface area contributed by atoms with Crippen LogP contribution in [0.4, 0.5) is 16.2 Å². The Morgan fingerprint density at radius 1 is 0.643 bits per heavy atom. The number of hydrogen-bond donors (Lipinski definition) is 6. The standard InChI is InChI=1S/C19H24N6OS2/c1-11-7-5-8-12(2)15(11)20-18(27)24-22-17(26)23-25-19(28)21-16-13(3)9-6-10-14(16)4/h5-10H,1-4H3,(H2,20,24,27)(H2,21,25,28)(H2,22,23,26). The molecule has 0 bridgehead atoms. The van der Waals surface area contributed by atoms with Gasteiger partial charge < -0.3 is 10.6 Å². The van der Waals surface area contributed by atoms with Gasteiger partial charge in [0.15, 0.2) is 10.2 Å². The summed E-state index contributed by atoms with van der Waals surface area (Å²) in [6.07, 6.45) is 0. The third-order valence-corrected chi connectivity index (χ3v) is 4.43. The van der Waals surface area contributed by atoms with Crippen molar-refractivity contribution in [2.24, 2.45) is 0 Å². The van der Waals surface area contributed by atoms with Gasteiger partial charge in [0.05, 0.1) is 0 Å². The lowest BCUT2D eigenvalue weighted by Gasteiger charge is -2.17. The molecule has 0 saturated heterocycles. The summed E-state index contributed by atoms with van der Waals surface area (Å²) in [5, 5.41) is 6.66. The van der Waals surface area contributed by atoms with Crippen LogP contribution in [0.1, 0.15) is 22.3 Å². The summed E-state index contributed by atoms with van der Waals surface area (Å²) in [7, 11) is 0. The predicted molar refractivity (Wildman–Crippen MR) is 122 cm³/mol. The first kappa shape index (κ1) is 21.4. The summed E-state index contributed by atoms with van der Waals surface area (Å²) in [5.74, 6) is 0. The van der Waals surface area contributed by atoms with E-state index in [4.69, 9.17) is 24.4 Å². The lowest BCUT2D eigenvalue weighted by molar-refractivity contribution is 0.237. The van der Waals surface area contributed by atoms with Crippen molar-refractivity contribution in [2.45, 2.75) is 27.7 Å². The zero-order chi connectivity index (χ0) is 20.7. The van der Waals surface area contributed by atoms with Gasteiger partial charge in [-0.2, -0.15) is 0 Å². The molecule has 0 aliphatic rings. The van der Waals surface area contributed by atoms with Gasteiger partial charge in [0.1, 0.15) is 0 Å². The number of carbonyl (C=O) groups excluding carboxylic acids is 1. The predicted octanol–water partition coefficient (Wildman–Crippen LogP) is 3.32. The van der Waals surface area contributed by atoms with Gasteiger partial charge in [-0.1, -0.05) is 36.4 Å².